The van der Waals surface area contributed by atoms with Crippen LogP contribution >= 0.6 is 0 Å². The van der Waals surface area contributed by atoms with Crippen molar-refractivity contribution < 1.29 is 14.3 Å². The van der Waals surface area contributed by atoms with E-state index in [1.165, 1.54) is 12.3 Å². The summed E-state index contributed by atoms with van der Waals surface area (Å²) in [5.74, 6) is 1.47. The Hall–Kier alpha value is -3.67. The zero-order valence-corrected chi connectivity index (χ0v) is 14.1. The monoisotopic (exact) mass is 347 g/mol. The molecule has 0 fully saturated rings. The van der Waals surface area contributed by atoms with Gasteiger partial charge in [-0.3, -0.25) is 9.78 Å². The first-order valence-corrected chi connectivity index (χ1v) is 7.90. The topological polar surface area (TPSA) is 73.3 Å². The van der Waals surface area contributed by atoms with Gasteiger partial charge in [-0.2, -0.15) is 0 Å². The molecule has 0 aliphatic carbocycles. The second-order valence-electron chi connectivity index (χ2n) is 5.27. The molecule has 0 unspecified atom stereocenters. The summed E-state index contributed by atoms with van der Waals surface area (Å²) in [6.07, 6.45) is 7.83. The van der Waals surface area contributed by atoms with Crippen LogP contribution in [0.4, 0.5) is 5.69 Å². The van der Waals surface area contributed by atoms with Crippen LogP contribution in [0.3, 0.4) is 0 Å². The number of hydrogen-bond donors (Lipinski definition) is 1. The number of carbonyl (C=O) groups excluding carboxylic acids is 1. The molecule has 3 rings (SSSR count). The molecular weight excluding hydrogens is 330 g/mol. The Kier molecular flexibility index (Phi) is 5.57. The summed E-state index contributed by atoms with van der Waals surface area (Å²) in [6.45, 7) is 0. The van der Waals surface area contributed by atoms with E-state index in [2.05, 4.69) is 15.3 Å². The van der Waals surface area contributed by atoms with Gasteiger partial charge in [-0.15, -0.1) is 0 Å². The molecule has 1 N–H and O–H groups in total. The molecular formula is C20H17N3O3. The van der Waals surface area contributed by atoms with Crippen molar-refractivity contribution in [3.05, 3.63) is 78.8 Å². The summed E-state index contributed by atoms with van der Waals surface area (Å²) in [4.78, 5) is 20.1. The first-order chi connectivity index (χ1) is 12.7. The fourth-order valence-corrected chi connectivity index (χ4v) is 2.17. The van der Waals surface area contributed by atoms with E-state index in [1.54, 1.807) is 49.8 Å². The maximum atomic E-state index is 12.1. The fraction of sp³-hybridized carbons (Fsp3) is 0.0500. The average molecular weight is 347 g/mol. The van der Waals surface area contributed by atoms with Crippen LogP contribution in [0, 0.1) is 0 Å². The second-order valence-corrected chi connectivity index (χ2v) is 5.27. The Morgan fingerprint density at radius 3 is 2.65 bits per heavy atom. The van der Waals surface area contributed by atoms with Gasteiger partial charge in [-0.05, 0) is 35.9 Å². The van der Waals surface area contributed by atoms with E-state index < -0.39 is 0 Å². The molecule has 26 heavy (non-hydrogen) atoms. The van der Waals surface area contributed by atoms with Gasteiger partial charge >= 0.3 is 0 Å². The first-order valence-electron chi connectivity index (χ1n) is 7.90. The van der Waals surface area contributed by atoms with Gasteiger partial charge in [0.2, 0.25) is 11.8 Å². The molecule has 1 heterocycles. The third-order valence-electron chi connectivity index (χ3n) is 3.41. The highest BCUT2D eigenvalue weighted by atomic mass is 16.5. The van der Waals surface area contributed by atoms with Crippen molar-refractivity contribution in [1.29, 1.82) is 0 Å². The van der Waals surface area contributed by atoms with E-state index in [-0.39, 0.29) is 5.91 Å². The number of ether oxygens (including phenoxy) is 2. The van der Waals surface area contributed by atoms with Crippen LogP contribution in [0.2, 0.25) is 0 Å². The maximum absolute atomic E-state index is 12.1. The van der Waals surface area contributed by atoms with Crippen molar-refractivity contribution >= 4 is 17.7 Å². The zero-order valence-electron chi connectivity index (χ0n) is 14.1. The highest BCUT2D eigenvalue weighted by molar-refractivity contribution is 6.02. The number of hydrogen-bond acceptors (Lipinski definition) is 5. The molecule has 6 nitrogen and oxygen atoms in total. The van der Waals surface area contributed by atoms with E-state index in [0.717, 1.165) is 11.3 Å². The lowest BCUT2D eigenvalue weighted by Gasteiger charge is -2.07. The van der Waals surface area contributed by atoms with Gasteiger partial charge in [0.25, 0.3) is 0 Å². The Morgan fingerprint density at radius 1 is 1.08 bits per heavy atom. The van der Waals surface area contributed by atoms with E-state index in [4.69, 9.17) is 9.47 Å². The van der Waals surface area contributed by atoms with E-state index >= 15 is 0 Å². The van der Waals surface area contributed by atoms with Crippen LogP contribution in [0.15, 0.2) is 73.2 Å². The maximum Gasteiger partial charge on any atom is 0.248 e. The molecule has 130 valence electrons. The normalized spacial score (nSPS) is 10.5. The second kappa shape index (κ2) is 8.43. The summed E-state index contributed by atoms with van der Waals surface area (Å²) in [6, 6.07) is 14.5. The predicted octanol–water partition coefficient (Wildman–Crippen LogP) is 3.93. The van der Waals surface area contributed by atoms with Gasteiger partial charge < -0.3 is 14.8 Å². The number of benzene rings is 2. The van der Waals surface area contributed by atoms with Crippen molar-refractivity contribution in [3.8, 4) is 17.4 Å². The molecule has 3 aromatic rings. The molecule has 0 saturated carbocycles. The lowest BCUT2D eigenvalue weighted by atomic mass is 10.2. The Labute approximate surface area is 151 Å². The smallest absolute Gasteiger partial charge is 0.248 e. The summed E-state index contributed by atoms with van der Waals surface area (Å²) < 4.78 is 10.7. The van der Waals surface area contributed by atoms with E-state index in [0.29, 0.717) is 17.3 Å². The van der Waals surface area contributed by atoms with Gasteiger partial charge in [0.1, 0.15) is 11.5 Å². The summed E-state index contributed by atoms with van der Waals surface area (Å²) in [5.41, 5.74) is 1.52. The van der Waals surface area contributed by atoms with Crippen molar-refractivity contribution in [2.75, 3.05) is 12.4 Å². The van der Waals surface area contributed by atoms with Crippen LogP contribution in [0.25, 0.3) is 6.08 Å². The lowest BCUT2D eigenvalue weighted by Crippen LogP contribution is -2.07. The summed E-state index contributed by atoms with van der Waals surface area (Å²) >= 11 is 0. The standard InChI is InChI=1S/C20H17N3O3/c1-25-17-8-5-15(6-9-17)7-10-19(24)23-16-3-2-4-18(13-16)26-20-14-21-11-12-22-20/h2-14H,1H3,(H,23,24)/b10-7+. The first kappa shape index (κ1) is 17.2. The third-order valence-corrected chi connectivity index (χ3v) is 3.41. The molecule has 2 aromatic carbocycles. The van der Waals surface area contributed by atoms with Crippen LogP contribution in [-0.2, 0) is 4.79 Å². The predicted molar refractivity (Wildman–Crippen MR) is 99.2 cm³/mol. The lowest BCUT2D eigenvalue weighted by molar-refractivity contribution is -0.111. The number of methoxy groups -OCH3 is 1. The molecule has 0 radical (unpaired) electrons. The van der Waals surface area contributed by atoms with Crippen LogP contribution in [-0.4, -0.2) is 23.0 Å². The van der Waals surface area contributed by atoms with Crippen LogP contribution < -0.4 is 14.8 Å². The van der Waals surface area contributed by atoms with Gasteiger partial charge in [0, 0.05) is 30.2 Å². The minimum atomic E-state index is -0.238. The van der Waals surface area contributed by atoms with Gasteiger partial charge in [-0.25, -0.2) is 4.98 Å². The Balaban J connectivity index is 1.61. The summed E-state index contributed by atoms with van der Waals surface area (Å²) in [7, 11) is 1.61. The number of aromatic nitrogens is 2. The molecule has 6 heteroatoms. The fourth-order valence-electron chi connectivity index (χ4n) is 2.17. The Bertz CT molecular complexity index is 894. The Morgan fingerprint density at radius 2 is 1.92 bits per heavy atom. The van der Waals surface area contributed by atoms with E-state index in [9.17, 15) is 4.79 Å². The molecule has 0 aliphatic rings. The highest BCUT2D eigenvalue weighted by Crippen LogP contribution is 2.22. The van der Waals surface area contributed by atoms with Gasteiger partial charge in [0.05, 0.1) is 13.3 Å². The van der Waals surface area contributed by atoms with Gasteiger partial charge in [-0.1, -0.05) is 18.2 Å². The van der Waals surface area contributed by atoms with Crippen molar-refractivity contribution in [2.45, 2.75) is 0 Å². The molecule has 0 saturated heterocycles. The van der Waals surface area contributed by atoms with Crippen molar-refractivity contribution in [2.24, 2.45) is 0 Å². The number of anilines is 1. The number of carbonyl (C=O) groups is 1. The van der Waals surface area contributed by atoms with E-state index in [1.807, 2.05) is 24.3 Å². The number of amides is 1. The summed E-state index contributed by atoms with van der Waals surface area (Å²) in [5, 5.41) is 2.79. The minimum absolute atomic E-state index is 0.238. The number of nitrogens with one attached hydrogen (secondary N) is 1. The molecule has 0 atom stereocenters. The highest BCUT2D eigenvalue weighted by Gasteiger charge is 2.02. The van der Waals surface area contributed by atoms with Crippen molar-refractivity contribution in [1.82, 2.24) is 9.97 Å². The molecule has 1 amide bonds. The third kappa shape index (κ3) is 4.91. The molecule has 0 spiro atoms. The molecule has 1 aromatic heterocycles. The van der Waals surface area contributed by atoms with Gasteiger partial charge in [0.15, 0.2) is 0 Å². The average Bonchev–Trinajstić information content (AvgIpc) is 2.68. The van der Waals surface area contributed by atoms with Crippen molar-refractivity contribution in [3.63, 3.8) is 0 Å². The van der Waals surface area contributed by atoms with Crippen LogP contribution in [0.1, 0.15) is 5.56 Å². The van der Waals surface area contributed by atoms with Crippen LogP contribution in [0.5, 0.6) is 17.4 Å². The molecule has 0 aliphatic heterocycles. The minimum Gasteiger partial charge on any atom is -0.497 e. The largest absolute Gasteiger partial charge is 0.497 e. The zero-order chi connectivity index (χ0) is 18.2. The number of nitrogens with zero attached hydrogens (tertiary/aromatic N) is 2. The number of rotatable bonds is 6. The molecule has 0 bridgehead atoms. The SMILES string of the molecule is COc1ccc(/C=C/C(=O)Nc2cccc(Oc3cnccn3)c2)cc1. The quantitative estimate of drug-likeness (QED) is 0.684.